The number of hydrogen-bond acceptors (Lipinski definition) is 4. The van der Waals surface area contributed by atoms with E-state index in [1.807, 2.05) is 0 Å². The highest BCUT2D eigenvalue weighted by molar-refractivity contribution is 9.10. The molecule has 1 rings (SSSR count). The summed E-state index contributed by atoms with van der Waals surface area (Å²) in [6, 6.07) is 2.85. The maximum Gasteiger partial charge on any atom is 0.265 e. The van der Waals surface area contributed by atoms with Gasteiger partial charge in [-0.1, -0.05) is 0 Å². The van der Waals surface area contributed by atoms with Gasteiger partial charge in [0, 0.05) is 12.1 Å². The minimum Gasteiger partial charge on any atom is -0.495 e. The Morgan fingerprint density at radius 1 is 1.35 bits per heavy atom. The van der Waals surface area contributed by atoms with Crippen molar-refractivity contribution < 1.29 is 28.2 Å². The van der Waals surface area contributed by atoms with Crippen LogP contribution in [0.4, 0.5) is 8.78 Å². The van der Waals surface area contributed by atoms with E-state index >= 15 is 0 Å². The van der Waals surface area contributed by atoms with E-state index in [-0.39, 0.29) is 5.56 Å². The topological polar surface area (TPSA) is 67.8 Å². The number of benzene rings is 1. The second-order valence-electron chi connectivity index (χ2n) is 3.81. The summed E-state index contributed by atoms with van der Waals surface area (Å²) < 4.78 is 34.9. The van der Waals surface area contributed by atoms with Gasteiger partial charge in [-0.25, -0.2) is 8.78 Å². The number of carbonyl (C=O) groups excluding carboxylic acids is 1. The quantitative estimate of drug-likeness (QED) is 0.818. The van der Waals surface area contributed by atoms with Gasteiger partial charge in [0.05, 0.1) is 14.2 Å². The van der Waals surface area contributed by atoms with Gasteiger partial charge in [-0.2, -0.15) is 0 Å². The summed E-state index contributed by atoms with van der Waals surface area (Å²) >= 11 is 3.25. The fraction of sp³-hybridized carbons (Fsp3) is 0.417. The van der Waals surface area contributed by atoms with Crippen molar-refractivity contribution in [3.05, 3.63) is 22.2 Å². The number of hydrogen-bond donors (Lipinski definition) is 2. The van der Waals surface area contributed by atoms with Gasteiger partial charge in [-0.15, -0.1) is 0 Å². The molecule has 0 aliphatic carbocycles. The van der Waals surface area contributed by atoms with Crippen LogP contribution < -0.4 is 14.8 Å². The van der Waals surface area contributed by atoms with E-state index in [0.29, 0.717) is 16.0 Å². The van der Waals surface area contributed by atoms with Gasteiger partial charge >= 0.3 is 0 Å². The van der Waals surface area contributed by atoms with Crippen molar-refractivity contribution in [2.45, 2.75) is 12.5 Å². The van der Waals surface area contributed by atoms with Gasteiger partial charge in [0.1, 0.15) is 22.1 Å². The number of amides is 1. The largest absolute Gasteiger partial charge is 0.495 e. The van der Waals surface area contributed by atoms with Crippen LogP contribution in [-0.4, -0.2) is 44.3 Å². The highest BCUT2D eigenvalue weighted by Gasteiger charge is 2.19. The Balaban J connectivity index is 2.88. The molecule has 112 valence electrons. The van der Waals surface area contributed by atoms with Gasteiger partial charge < -0.3 is 19.9 Å². The molecule has 1 atom stereocenters. The maximum absolute atomic E-state index is 12.1. The molecule has 0 saturated heterocycles. The molecule has 0 aliphatic heterocycles. The average molecular weight is 354 g/mol. The molecule has 0 spiro atoms. The van der Waals surface area contributed by atoms with Crippen LogP contribution >= 0.6 is 15.9 Å². The minimum atomic E-state index is -2.91. The van der Waals surface area contributed by atoms with Gasteiger partial charge in [0.2, 0.25) is 0 Å². The SMILES string of the molecule is COc1cc(C(=O)NCC(O)C(F)F)cc(OC)c1Br. The average Bonchev–Trinajstić information content (AvgIpc) is 2.44. The van der Waals surface area contributed by atoms with Crippen LogP contribution in [0.2, 0.25) is 0 Å². The number of alkyl halides is 2. The normalized spacial score (nSPS) is 12.2. The lowest BCUT2D eigenvalue weighted by molar-refractivity contribution is -0.00270. The van der Waals surface area contributed by atoms with Gasteiger partial charge in [-0.3, -0.25) is 4.79 Å². The summed E-state index contributed by atoms with van der Waals surface area (Å²) in [6.45, 7) is -0.544. The van der Waals surface area contributed by atoms with E-state index < -0.39 is 25.0 Å². The zero-order valence-electron chi connectivity index (χ0n) is 10.8. The van der Waals surface area contributed by atoms with Crippen LogP contribution in [0.5, 0.6) is 11.5 Å². The predicted molar refractivity (Wildman–Crippen MR) is 71.6 cm³/mol. The third-order valence-corrected chi connectivity index (χ3v) is 3.25. The molecule has 0 aliphatic rings. The Morgan fingerprint density at radius 2 is 1.85 bits per heavy atom. The summed E-state index contributed by atoms with van der Waals surface area (Å²) in [4.78, 5) is 11.8. The molecule has 0 fully saturated rings. The fourth-order valence-corrected chi connectivity index (χ4v) is 1.94. The number of rotatable bonds is 6. The molecule has 5 nitrogen and oxygen atoms in total. The Morgan fingerprint density at radius 3 is 2.25 bits per heavy atom. The lowest BCUT2D eigenvalue weighted by Crippen LogP contribution is -2.35. The van der Waals surface area contributed by atoms with E-state index in [1.54, 1.807) is 0 Å². The van der Waals surface area contributed by atoms with Crippen LogP contribution in [0.3, 0.4) is 0 Å². The lowest BCUT2D eigenvalue weighted by atomic mass is 10.2. The number of ether oxygens (including phenoxy) is 2. The molecule has 0 saturated carbocycles. The summed E-state index contributed by atoms with van der Waals surface area (Å²) in [5.41, 5.74) is 0.170. The van der Waals surface area contributed by atoms with E-state index in [0.717, 1.165) is 0 Å². The van der Waals surface area contributed by atoms with Crippen LogP contribution in [0, 0.1) is 0 Å². The summed E-state index contributed by atoms with van der Waals surface area (Å²) in [6.07, 6.45) is -4.82. The Bertz CT molecular complexity index is 460. The number of aliphatic hydroxyl groups is 1. The van der Waals surface area contributed by atoms with Crippen LogP contribution in [0.25, 0.3) is 0 Å². The van der Waals surface area contributed by atoms with Crippen molar-refractivity contribution in [3.8, 4) is 11.5 Å². The lowest BCUT2D eigenvalue weighted by Gasteiger charge is -2.13. The molecule has 8 heteroatoms. The third-order valence-electron chi connectivity index (χ3n) is 2.47. The minimum absolute atomic E-state index is 0.170. The van der Waals surface area contributed by atoms with Crippen molar-refractivity contribution in [2.24, 2.45) is 0 Å². The highest BCUT2D eigenvalue weighted by atomic mass is 79.9. The Labute approximate surface area is 123 Å². The molecule has 1 aromatic rings. The molecule has 20 heavy (non-hydrogen) atoms. The number of nitrogens with one attached hydrogen (secondary N) is 1. The maximum atomic E-state index is 12.1. The van der Waals surface area contributed by atoms with Crippen molar-refractivity contribution in [2.75, 3.05) is 20.8 Å². The summed E-state index contributed by atoms with van der Waals surface area (Å²) in [7, 11) is 2.84. The molecular weight excluding hydrogens is 340 g/mol. The summed E-state index contributed by atoms with van der Waals surface area (Å²) in [5.74, 6) is 0.113. The predicted octanol–water partition coefficient (Wildman–Crippen LogP) is 1.82. The Kier molecular flexibility index (Phi) is 6.15. The molecule has 1 amide bonds. The number of halogens is 3. The van der Waals surface area contributed by atoms with Crippen molar-refractivity contribution in [1.29, 1.82) is 0 Å². The molecule has 0 heterocycles. The molecule has 1 aromatic carbocycles. The monoisotopic (exact) mass is 353 g/mol. The zero-order chi connectivity index (χ0) is 15.3. The Hall–Kier alpha value is -1.41. The zero-order valence-corrected chi connectivity index (χ0v) is 12.4. The molecule has 0 radical (unpaired) electrons. The van der Waals surface area contributed by atoms with E-state index in [1.165, 1.54) is 26.4 Å². The molecule has 0 bridgehead atoms. The first-order chi connectivity index (χ1) is 9.40. The van der Waals surface area contributed by atoms with E-state index in [2.05, 4.69) is 21.2 Å². The first-order valence-corrected chi connectivity index (χ1v) is 6.36. The first kappa shape index (κ1) is 16.6. The second-order valence-corrected chi connectivity index (χ2v) is 4.60. The number of carbonyl (C=O) groups is 1. The number of aliphatic hydroxyl groups excluding tert-OH is 1. The second kappa shape index (κ2) is 7.39. The van der Waals surface area contributed by atoms with E-state index in [9.17, 15) is 13.6 Å². The van der Waals surface area contributed by atoms with Crippen LogP contribution in [-0.2, 0) is 0 Å². The molecule has 2 N–H and O–H groups in total. The molecule has 1 unspecified atom stereocenters. The first-order valence-electron chi connectivity index (χ1n) is 5.56. The third kappa shape index (κ3) is 4.04. The van der Waals surface area contributed by atoms with Gasteiger partial charge in [-0.05, 0) is 28.1 Å². The molecular formula is C12H14BrF2NO4. The van der Waals surface area contributed by atoms with Gasteiger partial charge in [0.25, 0.3) is 12.3 Å². The van der Waals surface area contributed by atoms with Crippen molar-refractivity contribution >= 4 is 21.8 Å². The van der Waals surface area contributed by atoms with Crippen LogP contribution in [0.1, 0.15) is 10.4 Å². The number of methoxy groups -OCH3 is 2. The highest BCUT2D eigenvalue weighted by Crippen LogP contribution is 2.35. The van der Waals surface area contributed by atoms with E-state index in [4.69, 9.17) is 14.6 Å². The van der Waals surface area contributed by atoms with Crippen molar-refractivity contribution in [1.82, 2.24) is 5.32 Å². The van der Waals surface area contributed by atoms with Gasteiger partial charge in [0.15, 0.2) is 0 Å². The van der Waals surface area contributed by atoms with Crippen LogP contribution in [0.15, 0.2) is 16.6 Å². The smallest absolute Gasteiger partial charge is 0.265 e. The standard InChI is InChI=1S/C12H14BrF2NO4/c1-19-8-3-6(4-9(20-2)10(8)13)12(18)16-5-7(17)11(14)15/h3-4,7,11,17H,5H2,1-2H3,(H,16,18). The fourth-order valence-electron chi connectivity index (χ4n) is 1.39. The van der Waals surface area contributed by atoms with Crippen molar-refractivity contribution in [3.63, 3.8) is 0 Å². The summed E-state index contributed by atoms with van der Waals surface area (Å²) in [5, 5.41) is 11.2. The molecule has 0 aromatic heterocycles.